The maximum absolute atomic E-state index is 5.36. The molecule has 0 saturated heterocycles. The number of aromatic nitrogens is 2. The number of H-pyrrole nitrogens is 2. The molecule has 2 aromatic rings. The largest absolute Gasteiger partial charge is 0.494 e. The summed E-state index contributed by atoms with van der Waals surface area (Å²) in [5.41, 5.74) is 2.88. The van der Waals surface area contributed by atoms with Gasteiger partial charge in [-0.15, -0.1) is 0 Å². The van der Waals surface area contributed by atoms with Crippen LogP contribution >= 0.6 is 15.9 Å². The monoisotopic (exact) mass is 323 g/mol. The lowest BCUT2D eigenvalue weighted by molar-refractivity contribution is 0.415. The molecule has 4 nitrogen and oxygen atoms in total. The van der Waals surface area contributed by atoms with Crippen LogP contribution in [0.1, 0.15) is 19.5 Å². The predicted molar refractivity (Wildman–Crippen MR) is 82.1 cm³/mol. The Kier molecular flexibility index (Phi) is 4.47. The fourth-order valence-electron chi connectivity index (χ4n) is 1.74. The van der Waals surface area contributed by atoms with Crippen LogP contribution in [0, 0.1) is 5.92 Å². The Morgan fingerprint density at radius 3 is 2.68 bits per heavy atom. The number of halogens is 1. The van der Waals surface area contributed by atoms with E-state index in [1.165, 1.54) is 0 Å². The zero-order chi connectivity index (χ0) is 13.8. The first-order chi connectivity index (χ1) is 9.10. The molecule has 102 valence electrons. The number of rotatable bonds is 5. The van der Waals surface area contributed by atoms with Gasteiger partial charge in [0.05, 0.1) is 28.8 Å². The van der Waals surface area contributed by atoms with E-state index in [-0.39, 0.29) is 0 Å². The maximum Gasteiger partial charge on any atom is 0.146 e. The number of hydrogen-bond donors (Lipinski definition) is 2. The second kappa shape index (κ2) is 6.10. The summed E-state index contributed by atoms with van der Waals surface area (Å²) in [5.74, 6) is 1.35. The van der Waals surface area contributed by atoms with Gasteiger partial charge in [0.1, 0.15) is 5.75 Å². The first kappa shape index (κ1) is 13.9. The van der Waals surface area contributed by atoms with Crippen molar-refractivity contribution in [1.82, 2.24) is 9.97 Å². The molecule has 2 rings (SSSR count). The van der Waals surface area contributed by atoms with Crippen molar-refractivity contribution in [2.24, 2.45) is 10.9 Å². The third kappa shape index (κ3) is 3.50. The third-order valence-electron chi connectivity index (χ3n) is 2.66. The summed E-state index contributed by atoms with van der Waals surface area (Å²) in [5, 5.41) is 0. The van der Waals surface area contributed by atoms with Gasteiger partial charge in [0.2, 0.25) is 0 Å². The van der Waals surface area contributed by atoms with Crippen LogP contribution in [0.3, 0.4) is 0 Å². The smallest absolute Gasteiger partial charge is 0.146 e. The molecule has 0 amide bonds. The predicted octanol–water partition coefficient (Wildman–Crippen LogP) is 3.86. The number of aromatic amines is 2. The zero-order valence-corrected chi connectivity index (χ0v) is 12.9. The molecule has 0 unspecified atom stereocenters. The van der Waals surface area contributed by atoms with Crippen LogP contribution in [-0.2, 0) is 0 Å². The average Bonchev–Trinajstić information content (AvgIpc) is 2.95. The normalized spacial score (nSPS) is 11.6. The molecule has 0 fully saturated rings. The van der Waals surface area contributed by atoms with E-state index in [2.05, 4.69) is 44.7 Å². The molecule has 0 aliphatic carbocycles. The van der Waals surface area contributed by atoms with Crippen LogP contribution in [-0.4, -0.2) is 29.8 Å². The fraction of sp³-hybridized carbons (Fsp3) is 0.357. The minimum atomic E-state index is 0.552. The van der Waals surface area contributed by atoms with E-state index in [0.717, 1.165) is 34.0 Å². The third-order valence-corrected chi connectivity index (χ3v) is 3.12. The molecular formula is C14H18BrN3O. The maximum atomic E-state index is 5.36. The van der Waals surface area contributed by atoms with Crippen molar-refractivity contribution in [3.05, 3.63) is 28.5 Å². The van der Waals surface area contributed by atoms with Crippen molar-refractivity contribution in [2.45, 2.75) is 13.8 Å². The van der Waals surface area contributed by atoms with E-state index in [1.807, 2.05) is 24.4 Å². The SMILES string of the molecule is COc1cc(-c2ccc(Br)[nH]2)[nH]c1C=NCC(C)C. The van der Waals surface area contributed by atoms with Crippen molar-refractivity contribution >= 4 is 22.1 Å². The van der Waals surface area contributed by atoms with E-state index in [1.54, 1.807) is 7.11 Å². The molecular weight excluding hydrogens is 306 g/mol. The van der Waals surface area contributed by atoms with Crippen molar-refractivity contribution < 1.29 is 4.74 Å². The topological polar surface area (TPSA) is 53.2 Å². The first-order valence-electron chi connectivity index (χ1n) is 6.22. The first-order valence-corrected chi connectivity index (χ1v) is 7.01. The summed E-state index contributed by atoms with van der Waals surface area (Å²) in [6.07, 6.45) is 1.83. The minimum Gasteiger partial charge on any atom is -0.494 e. The van der Waals surface area contributed by atoms with E-state index in [9.17, 15) is 0 Å². The second-order valence-electron chi connectivity index (χ2n) is 4.77. The number of nitrogens with zero attached hydrogens (tertiary/aromatic N) is 1. The molecule has 0 aromatic carbocycles. The van der Waals surface area contributed by atoms with Crippen LogP contribution in [0.25, 0.3) is 11.4 Å². The molecule has 19 heavy (non-hydrogen) atoms. The van der Waals surface area contributed by atoms with Gasteiger partial charge in [0, 0.05) is 18.8 Å². The number of nitrogens with one attached hydrogen (secondary N) is 2. The molecule has 0 bridgehead atoms. The van der Waals surface area contributed by atoms with E-state index < -0.39 is 0 Å². The molecule has 0 atom stereocenters. The molecule has 0 saturated carbocycles. The second-order valence-corrected chi connectivity index (χ2v) is 5.63. The molecule has 2 N–H and O–H groups in total. The number of aliphatic imine (C=N–C) groups is 1. The molecule has 0 aliphatic rings. The lowest BCUT2D eigenvalue weighted by Gasteiger charge is -1.98. The van der Waals surface area contributed by atoms with Crippen LogP contribution in [0.2, 0.25) is 0 Å². The Balaban J connectivity index is 2.24. The summed E-state index contributed by atoms with van der Waals surface area (Å²) in [7, 11) is 1.66. The fourth-order valence-corrected chi connectivity index (χ4v) is 2.09. The van der Waals surface area contributed by atoms with Gasteiger partial charge >= 0.3 is 0 Å². The summed E-state index contributed by atoms with van der Waals surface area (Å²) in [6, 6.07) is 5.94. The Bertz CT molecular complexity index is 569. The Labute approximate surface area is 121 Å². The summed E-state index contributed by atoms with van der Waals surface area (Å²) in [6.45, 7) is 5.10. The summed E-state index contributed by atoms with van der Waals surface area (Å²) < 4.78 is 6.31. The minimum absolute atomic E-state index is 0.552. The van der Waals surface area contributed by atoms with Gasteiger partial charge in [-0.2, -0.15) is 0 Å². The Hall–Kier alpha value is -1.49. The van der Waals surface area contributed by atoms with Crippen molar-refractivity contribution in [3.63, 3.8) is 0 Å². The van der Waals surface area contributed by atoms with Crippen LogP contribution < -0.4 is 4.74 Å². The van der Waals surface area contributed by atoms with Gasteiger partial charge < -0.3 is 14.7 Å². The highest BCUT2D eigenvalue weighted by Crippen LogP contribution is 2.26. The Morgan fingerprint density at radius 2 is 2.11 bits per heavy atom. The van der Waals surface area contributed by atoms with Gasteiger partial charge in [0.25, 0.3) is 0 Å². The van der Waals surface area contributed by atoms with Crippen LogP contribution in [0.15, 0.2) is 27.8 Å². The van der Waals surface area contributed by atoms with Crippen LogP contribution in [0.4, 0.5) is 0 Å². The quantitative estimate of drug-likeness (QED) is 0.806. The highest BCUT2D eigenvalue weighted by molar-refractivity contribution is 9.10. The molecule has 5 heteroatoms. The number of methoxy groups -OCH3 is 1. The molecule has 0 radical (unpaired) electrons. The average molecular weight is 324 g/mol. The molecule has 0 aliphatic heterocycles. The van der Waals surface area contributed by atoms with Crippen molar-refractivity contribution in [2.75, 3.05) is 13.7 Å². The van der Waals surface area contributed by atoms with Crippen molar-refractivity contribution in [1.29, 1.82) is 0 Å². The highest BCUT2D eigenvalue weighted by atomic mass is 79.9. The lowest BCUT2D eigenvalue weighted by Crippen LogP contribution is -1.94. The summed E-state index contributed by atoms with van der Waals surface area (Å²) in [4.78, 5) is 10.9. The molecule has 2 heterocycles. The highest BCUT2D eigenvalue weighted by Gasteiger charge is 2.09. The van der Waals surface area contributed by atoms with E-state index in [4.69, 9.17) is 4.74 Å². The van der Waals surface area contributed by atoms with Gasteiger partial charge in [-0.05, 0) is 34.0 Å². The number of hydrogen-bond acceptors (Lipinski definition) is 2. The van der Waals surface area contributed by atoms with E-state index in [0.29, 0.717) is 5.92 Å². The van der Waals surface area contributed by atoms with Crippen molar-refractivity contribution in [3.8, 4) is 17.1 Å². The standard InChI is InChI=1S/C14H18BrN3O/c1-9(2)7-16-8-12-13(19-3)6-11(17-12)10-4-5-14(15)18-10/h4-6,8-9,17-18H,7H2,1-3H3. The van der Waals surface area contributed by atoms with E-state index >= 15 is 0 Å². The number of ether oxygens (including phenoxy) is 1. The van der Waals surface area contributed by atoms with Gasteiger partial charge in [-0.25, -0.2) is 0 Å². The zero-order valence-electron chi connectivity index (χ0n) is 11.3. The molecule has 0 spiro atoms. The lowest BCUT2D eigenvalue weighted by atomic mass is 10.2. The van der Waals surface area contributed by atoms with Gasteiger partial charge in [-0.3, -0.25) is 4.99 Å². The van der Waals surface area contributed by atoms with Gasteiger partial charge in [-0.1, -0.05) is 13.8 Å². The Morgan fingerprint density at radius 1 is 1.32 bits per heavy atom. The van der Waals surface area contributed by atoms with Crippen LogP contribution in [0.5, 0.6) is 5.75 Å². The molecule has 2 aromatic heterocycles. The summed E-state index contributed by atoms with van der Waals surface area (Å²) >= 11 is 3.40. The van der Waals surface area contributed by atoms with Gasteiger partial charge in [0.15, 0.2) is 0 Å².